The second kappa shape index (κ2) is 6.37. The Hall–Kier alpha value is -2.81. The van der Waals surface area contributed by atoms with Gasteiger partial charge in [0.1, 0.15) is 11.6 Å². The minimum absolute atomic E-state index is 0.0597. The molecular weight excluding hydrogens is 369 g/mol. The van der Waals surface area contributed by atoms with Crippen LogP contribution in [0.4, 0.5) is 19.0 Å². The van der Waals surface area contributed by atoms with Crippen molar-refractivity contribution in [3.63, 3.8) is 0 Å². The Morgan fingerprint density at radius 1 is 1.14 bits per heavy atom. The van der Waals surface area contributed by atoms with Crippen LogP contribution >= 0.6 is 0 Å². The first-order valence-corrected chi connectivity index (χ1v) is 9.16. The van der Waals surface area contributed by atoms with Gasteiger partial charge < -0.3 is 5.32 Å². The first-order valence-electron chi connectivity index (χ1n) is 9.16. The molecule has 3 aromatic rings. The maximum Gasteiger partial charge on any atom is 0.398 e. The molecule has 28 heavy (non-hydrogen) atoms. The number of fused-ring (bicyclic) bond motifs is 1. The molecule has 1 aliphatic heterocycles. The van der Waals surface area contributed by atoms with Crippen LogP contribution in [0, 0.1) is 5.92 Å². The highest BCUT2D eigenvalue weighted by atomic mass is 19.4. The van der Waals surface area contributed by atoms with Crippen LogP contribution in [0.2, 0.25) is 0 Å². The Bertz CT molecular complexity index is 1070. The summed E-state index contributed by atoms with van der Waals surface area (Å²) < 4.78 is 41.2. The van der Waals surface area contributed by atoms with Gasteiger partial charge >= 0.3 is 6.18 Å². The first kappa shape index (κ1) is 17.3. The fourth-order valence-corrected chi connectivity index (χ4v) is 3.44. The molecule has 0 spiro atoms. The lowest BCUT2D eigenvalue weighted by Crippen LogP contribution is -2.29. The number of hydrogen-bond acceptors (Lipinski definition) is 5. The Morgan fingerprint density at radius 3 is 2.79 bits per heavy atom. The molecular formula is C19H17F3N6. The molecule has 6 nitrogen and oxygen atoms in total. The van der Waals surface area contributed by atoms with E-state index < -0.39 is 12.1 Å². The number of imidazole rings is 1. The summed E-state index contributed by atoms with van der Waals surface area (Å²) in [6.45, 7) is -0.0405. The van der Waals surface area contributed by atoms with E-state index in [1.807, 2.05) is 12.1 Å². The molecule has 1 N–H and O–H groups in total. The van der Waals surface area contributed by atoms with Crippen LogP contribution in [-0.2, 0) is 0 Å². The third-order valence-corrected chi connectivity index (χ3v) is 5.09. The van der Waals surface area contributed by atoms with Gasteiger partial charge in [0, 0.05) is 24.7 Å². The Morgan fingerprint density at radius 2 is 2.00 bits per heavy atom. The second-order valence-electron chi connectivity index (χ2n) is 7.16. The molecule has 1 saturated heterocycles. The third kappa shape index (κ3) is 3.15. The van der Waals surface area contributed by atoms with Crippen LogP contribution in [0.25, 0.3) is 17.0 Å². The predicted molar refractivity (Wildman–Crippen MR) is 97.7 cm³/mol. The fourth-order valence-electron chi connectivity index (χ4n) is 3.44. The largest absolute Gasteiger partial charge is 0.398 e. The lowest BCUT2D eigenvalue weighted by Gasteiger charge is -2.14. The number of hydrogen-bond donors (Lipinski definition) is 1. The molecule has 0 aromatic carbocycles. The van der Waals surface area contributed by atoms with Gasteiger partial charge in [0.05, 0.1) is 17.6 Å². The highest BCUT2D eigenvalue weighted by Crippen LogP contribution is 2.39. The van der Waals surface area contributed by atoms with Crippen molar-refractivity contribution in [2.24, 2.45) is 10.9 Å². The van der Waals surface area contributed by atoms with Crippen LogP contribution in [0.3, 0.4) is 0 Å². The Labute approximate surface area is 158 Å². The van der Waals surface area contributed by atoms with E-state index in [2.05, 4.69) is 25.4 Å². The van der Waals surface area contributed by atoms with Gasteiger partial charge in [-0.25, -0.2) is 19.5 Å². The molecule has 4 heterocycles. The van der Waals surface area contributed by atoms with Crippen LogP contribution in [0.1, 0.15) is 24.5 Å². The molecule has 0 bridgehead atoms. The summed E-state index contributed by atoms with van der Waals surface area (Å²) in [7, 11) is 0. The minimum atomic E-state index is -4.31. The Kier molecular flexibility index (Phi) is 3.94. The smallest absolute Gasteiger partial charge is 0.310 e. The number of pyridine rings is 1. The summed E-state index contributed by atoms with van der Waals surface area (Å²) in [6.07, 6.45) is -0.358. The van der Waals surface area contributed by atoms with Crippen LogP contribution < -0.4 is 5.32 Å². The van der Waals surface area contributed by atoms with Gasteiger partial charge in [-0.05, 0) is 37.1 Å². The summed E-state index contributed by atoms with van der Waals surface area (Å²) in [5.74, 6) is -0.824. The molecule has 2 aliphatic rings. The molecule has 5 rings (SSSR count). The van der Waals surface area contributed by atoms with Crippen molar-refractivity contribution >= 4 is 17.2 Å². The molecule has 0 radical (unpaired) electrons. The lowest BCUT2D eigenvalue weighted by molar-refractivity contribution is -0.151. The summed E-state index contributed by atoms with van der Waals surface area (Å²) in [5, 5.41) is 7.41. The van der Waals surface area contributed by atoms with E-state index in [4.69, 9.17) is 0 Å². The molecule has 1 saturated carbocycles. The topological polar surface area (TPSA) is 67.5 Å². The van der Waals surface area contributed by atoms with Gasteiger partial charge in [0.15, 0.2) is 11.5 Å². The monoisotopic (exact) mass is 386 g/mol. The third-order valence-electron chi connectivity index (χ3n) is 5.09. The van der Waals surface area contributed by atoms with E-state index in [1.165, 1.54) is 0 Å². The van der Waals surface area contributed by atoms with Crippen LogP contribution in [0.15, 0.2) is 41.5 Å². The van der Waals surface area contributed by atoms with Gasteiger partial charge in [0.2, 0.25) is 0 Å². The van der Waals surface area contributed by atoms with Crippen LogP contribution in [0.5, 0.6) is 0 Å². The summed E-state index contributed by atoms with van der Waals surface area (Å²) >= 11 is 0. The molecule has 0 amide bonds. The zero-order chi connectivity index (χ0) is 19.3. The predicted octanol–water partition coefficient (Wildman–Crippen LogP) is 3.52. The first-order chi connectivity index (χ1) is 13.5. The minimum Gasteiger partial charge on any atom is -0.310 e. The van der Waals surface area contributed by atoms with Crippen LogP contribution in [-0.4, -0.2) is 44.6 Å². The average molecular weight is 386 g/mol. The van der Waals surface area contributed by atoms with E-state index in [0.717, 1.165) is 18.5 Å². The molecule has 144 valence electrons. The Balaban J connectivity index is 1.52. The van der Waals surface area contributed by atoms with E-state index in [1.54, 1.807) is 28.9 Å². The maximum absolute atomic E-state index is 13.1. The summed E-state index contributed by atoms with van der Waals surface area (Å²) in [6, 6.07) is 9.04. The van der Waals surface area contributed by atoms with Gasteiger partial charge in [-0.15, -0.1) is 0 Å². The summed E-state index contributed by atoms with van der Waals surface area (Å²) in [5.41, 5.74) is 3.05. The zero-order valence-corrected chi connectivity index (χ0v) is 14.8. The number of aromatic nitrogens is 4. The number of rotatable bonds is 3. The molecule has 1 atom stereocenters. The van der Waals surface area contributed by atoms with E-state index >= 15 is 0 Å². The SMILES string of the molecule is FC(F)(F)[C@H]1CNC/C1=N/c1cccc(-c2cnc3ccc(C4CC4)nn23)n1. The molecule has 1 aliphatic carbocycles. The van der Waals surface area contributed by atoms with Crippen molar-refractivity contribution < 1.29 is 13.2 Å². The van der Waals surface area contributed by atoms with E-state index in [-0.39, 0.29) is 24.6 Å². The molecule has 3 aromatic heterocycles. The van der Waals surface area contributed by atoms with Crippen molar-refractivity contribution in [1.29, 1.82) is 0 Å². The van der Waals surface area contributed by atoms with Crippen molar-refractivity contribution in [2.75, 3.05) is 13.1 Å². The van der Waals surface area contributed by atoms with Gasteiger partial charge in [0.25, 0.3) is 0 Å². The highest BCUT2D eigenvalue weighted by Gasteiger charge is 2.45. The average Bonchev–Trinajstić information content (AvgIpc) is 3.25. The maximum atomic E-state index is 13.1. The zero-order valence-electron chi connectivity index (χ0n) is 14.8. The van der Waals surface area contributed by atoms with Gasteiger partial charge in [-0.2, -0.15) is 18.3 Å². The van der Waals surface area contributed by atoms with Crippen molar-refractivity contribution in [2.45, 2.75) is 24.9 Å². The normalized spacial score (nSPS) is 21.7. The van der Waals surface area contributed by atoms with E-state index in [9.17, 15) is 13.2 Å². The van der Waals surface area contributed by atoms with Crippen molar-refractivity contribution in [1.82, 2.24) is 24.9 Å². The number of alkyl halides is 3. The number of aliphatic imine (C=N–C) groups is 1. The van der Waals surface area contributed by atoms with Crippen molar-refractivity contribution in [3.8, 4) is 11.4 Å². The number of nitrogens with one attached hydrogen (secondary N) is 1. The lowest BCUT2D eigenvalue weighted by atomic mass is 10.1. The number of halogens is 3. The molecule has 2 fully saturated rings. The molecule has 0 unspecified atom stereocenters. The number of nitrogens with zero attached hydrogens (tertiary/aromatic N) is 5. The summed E-state index contributed by atoms with van der Waals surface area (Å²) in [4.78, 5) is 13.0. The van der Waals surface area contributed by atoms with Crippen molar-refractivity contribution in [3.05, 3.63) is 42.2 Å². The van der Waals surface area contributed by atoms with E-state index in [0.29, 0.717) is 23.0 Å². The fraction of sp³-hybridized carbons (Fsp3) is 0.368. The quantitative estimate of drug-likeness (QED) is 0.748. The standard InChI is InChI=1S/C19H17F3N6/c20-19(21,22)12-8-23-9-15(12)26-17-3-1-2-14(25-17)16-10-24-18-7-6-13(11-4-5-11)27-28(16)18/h1-3,6-7,10-12,23H,4-5,8-9H2/b26-15-/t12-/m0/s1. The van der Waals surface area contributed by atoms with Gasteiger partial charge in [-0.1, -0.05) is 6.07 Å². The molecule has 9 heteroatoms. The highest BCUT2D eigenvalue weighted by molar-refractivity contribution is 5.93. The van der Waals surface area contributed by atoms with Gasteiger partial charge in [-0.3, -0.25) is 0 Å². The second-order valence-corrected chi connectivity index (χ2v) is 7.16.